The Kier molecular flexibility index (Phi) is 3.70. The van der Waals surface area contributed by atoms with Crippen molar-refractivity contribution in [2.24, 2.45) is 0 Å². The van der Waals surface area contributed by atoms with E-state index in [4.69, 9.17) is 4.74 Å². The maximum absolute atomic E-state index is 13.0. The molecule has 1 aromatic heterocycles. The molecule has 100 valence electrons. The van der Waals surface area contributed by atoms with Gasteiger partial charge in [-0.05, 0) is 34.0 Å². The van der Waals surface area contributed by atoms with Crippen molar-refractivity contribution in [3.05, 3.63) is 77.9 Å². The molecule has 0 unspecified atom stereocenters. The first kappa shape index (κ1) is 12.8. The fraction of sp³-hybridized carbons (Fsp3) is 0.118. The zero-order chi connectivity index (χ0) is 13.8. The van der Waals surface area contributed by atoms with Crippen LogP contribution in [0.2, 0.25) is 0 Å². The number of ether oxygens (including phenoxy) is 1. The van der Waals surface area contributed by atoms with E-state index in [1.54, 1.807) is 6.20 Å². The Labute approximate surface area is 116 Å². The van der Waals surface area contributed by atoms with Gasteiger partial charge in [-0.25, -0.2) is 4.39 Å². The smallest absolute Gasteiger partial charge is 0.141 e. The Morgan fingerprint density at radius 1 is 0.850 bits per heavy atom. The second-order valence-corrected chi connectivity index (χ2v) is 4.69. The van der Waals surface area contributed by atoms with Gasteiger partial charge in [0.2, 0.25) is 0 Å². The van der Waals surface area contributed by atoms with Crippen molar-refractivity contribution in [3.8, 4) is 0 Å². The molecule has 0 spiro atoms. The van der Waals surface area contributed by atoms with Crippen molar-refractivity contribution in [1.82, 2.24) is 4.98 Å². The number of nitrogens with zero attached hydrogens (tertiary/aromatic N) is 1. The van der Waals surface area contributed by atoms with E-state index >= 15 is 0 Å². The van der Waals surface area contributed by atoms with Gasteiger partial charge in [0, 0.05) is 6.20 Å². The molecule has 2 nitrogen and oxygen atoms in total. The Morgan fingerprint density at radius 3 is 2.50 bits per heavy atom. The third-order valence-electron chi connectivity index (χ3n) is 3.11. The molecule has 3 rings (SSSR count). The highest BCUT2D eigenvalue weighted by Crippen LogP contribution is 2.16. The maximum atomic E-state index is 13.0. The number of pyridine rings is 1. The van der Waals surface area contributed by atoms with Crippen LogP contribution in [0.15, 0.2) is 60.9 Å². The number of hydrogen-bond donors (Lipinski definition) is 0. The number of benzene rings is 2. The van der Waals surface area contributed by atoms with Gasteiger partial charge in [-0.1, -0.05) is 36.4 Å². The normalized spacial score (nSPS) is 10.8. The lowest BCUT2D eigenvalue weighted by atomic mass is 10.1. The molecule has 0 aliphatic rings. The first-order chi connectivity index (χ1) is 9.81. The van der Waals surface area contributed by atoms with Crippen LogP contribution >= 0.6 is 0 Å². The summed E-state index contributed by atoms with van der Waals surface area (Å²) in [6, 6.07) is 15.9. The first-order valence-corrected chi connectivity index (χ1v) is 6.46. The SMILES string of the molecule is Fc1cncc(COCc2ccc3ccccc3c2)c1. The molecule has 0 aliphatic heterocycles. The minimum absolute atomic E-state index is 0.336. The molecular weight excluding hydrogens is 253 g/mol. The number of hydrogen-bond acceptors (Lipinski definition) is 2. The largest absolute Gasteiger partial charge is 0.372 e. The fourth-order valence-corrected chi connectivity index (χ4v) is 2.15. The van der Waals surface area contributed by atoms with E-state index in [1.807, 2.05) is 18.2 Å². The van der Waals surface area contributed by atoms with Gasteiger partial charge in [0.15, 0.2) is 0 Å². The zero-order valence-corrected chi connectivity index (χ0v) is 10.9. The van der Waals surface area contributed by atoms with E-state index < -0.39 is 0 Å². The second kappa shape index (κ2) is 5.80. The highest BCUT2D eigenvalue weighted by Gasteiger charge is 1.99. The predicted molar refractivity (Wildman–Crippen MR) is 76.6 cm³/mol. The predicted octanol–water partition coefficient (Wildman–Crippen LogP) is 4.09. The van der Waals surface area contributed by atoms with Crippen LogP contribution in [0.25, 0.3) is 10.8 Å². The van der Waals surface area contributed by atoms with E-state index in [0.29, 0.717) is 13.2 Å². The van der Waals surface area contributed by atoms with Gasteiger partial charge in [-0.15, -0.1) is 0 Å². The van der Waals surface area contributed by atoms with E-state index in [9.17, 15) is 4.39 Å². The molecule has 3 heteroatoms. The average molecular weight is 267 g/mol. The summed E-state index contributed by atoms with van der Waals surface area (Å²) in [7, 11) is 0. The van der Waals surface area contributed by atoms with Crippen LogP contribution in [0.5, 0.6) is 0 Å². The second-order valence-electron chi connectivity index (χ2n) is 4.69. The summed E-state index contributed by atoms with van der Waals surface area (Å²) in [6.07, 6.45) is 2.80. The third kappa shape index (κ3) is 3.00. The molecule has 20 heavy (non-hydrogen) atoms. The van der Waals surface area contributed by atoms with Crippen LogP contribution < -0.4 is 0 Å². The molecule has 0 N–H and O–H groups in total. The first-order valence-electron chi connectivity index (χ1n) is 6.46. The van der Waals surface area contributed by atoms with Crippen molar-refractivity contribution >= 4 is 10.8 Å². The van der Waals surface area contributed by atoms with Gasteiger partial charge in [0.25, 0.3) is 0 Å². The molecule has 2 aromatic carbocycles. The zero-order valence-electron chi connectivity index (χ0n) is 10.9. The lowest BCUT2D eigenvalue weighted by Gasteiger charge is -2.06. The Hall–Kier alpha value is -2.26. The lowest BCUT2D eigenvalue weighted by molar-refractivity contribution is 0.107. The number of aromatic nitrogens is 1. The molecular formula is C17H14FNO. The summed E-state index contributed by atoms with van der Waals surface area (Å²) in [5.41, 5.74) is 1.85. The Morgan fingerprint density at radius 2 is 1.65 bits per heavy atom. The van der Waals surface area contributed by atoms with Crippen molar-refractivity contribution in [2.75, 3.05) is 0 Å². The van der Waals surface area contributed by atoms with Crippen molar-refractivity contribution in [2.45, 2.75) is 13.2 Å². The molecule has 0 amide bonds. The Balaban J connectivity index is 1.65. The topological polar surface area (TPSA) is 22.1 Å². The molecule has 0 saturated carbocycles. The molecule has 0 fully saturated rings. The monoisotopic (exact) mass is 267 g/mol. The molecule has 0 bridgehead atoms. The summed E-state index contributed by atoms with van der Waals surface area (Å²) in [5, 5.41) is 2.41. The third-order valence-corrected chi connectivity index (χ3v) is 3.11. The van der Waals surface area contributed by atoms with Gasteiger partial charge in [0.05, 0.1) is 19.4 Å². The quantitative estimate of drug-likeness (QED) is 0.710. The van der Waals surface area contributed by atoms with E-state index in [2.05, 4.69) is 29.2 Å². The van der Waals surface area contributed by atoms with Crippen molar-refractivity contribution in [1.29, 1.82) is 0 Å². The molecule has 3 aromatic rings. The summed E-state index contributed by atoms with van der Waals surface area (Å²) < 4.78 is 18.6. The van der Waals surface area contributed by atoms with Gasteiger partial charge < -0.3 is 4.74 Å². The van der Waals surface area contributed by atoms with Crippen molar-refractivity contribution in [3.63, 3.8) is 0 Å². The molecule has 1 heterocycles. The van der Waals surface area contributed by atoms with E-state index in [-0.39, 0.29) is 5.82 Å². The summed E-state index contributed by atoms with van der Waals surface area (Å²) in [5.74, 6) is -0.336. The highest BCUT2D eigenvalue weighted by atomic mass is 19.1. The number of rotatable bonds is 4. The van der Waals surface area contributed by atoms with Gasteiger partial charge in [-0.2, -0.15) is 0 Å². The van der Waals surface area contributed by atoms with Crippen LogP contribution in [0.3, 0.4) is 0 Å². The van der Waals surface area contributed by atoms with Crippen LogP contribution in [0.1, 0.15) is 11.1 Å². The van der Waals surface area contributed by atoms with Gasteiger partial charge in [-0.3, -0.25) is 4.98 Å². The Bertz CT molecular complexity index is 727. The minimum Gasteiger partial charge on any atom is -0.372 e. The van der Waals surface area contributed by atoms with Crippen LogP contribution in [0, 0.1) is 5.82 Å². The van der Waals surface area contributed by atoms with E-state index in [1.165, 1.54) is 23.0 Å². The molecule has 0 atom stereocenters. The molecule has 0 saturated heterocycles. The van der Waals surface area contributed by atoms with E-state index in [0.717, 1.165) is 11.1 Å². The summed E-state index contributed by atoms with van der Waals surface area (Å²) in [4.78, 5) is 3.80. The molecule has 0 aliphatic carbocycles. The average Bonchev–Trinajstić information content (AvgIpc) is 2.47. The van der Waals surface area contributed by atoms with Gasteiger partial charge in [0.1, 0.15) is 5.82 Å². The lowest BCUT2D eigenvalue weighted by Crippen LogP contribution is -1.95. The minimum atomic E-state index is -0.336. The standard InChI is InChI=1S/C17H14FNO/c18-17-8-14(9-19-10-17)12-20-11-13-5-6-15-3-1-2-4-16(15)7-13/h1-10H,11-12H2. The van der Waals surface area contributed by atoms with Crippen LogP contribution in [-0.2, 0) is 18.0 Å². The summed E-state index contributed by atoms with van der Waals surface area (Å²) in [6.45, 7) is 0.860. The number of halogens is 1. The maximum Gasteiger partial charge on any atom is 0.141 e. The van der Waals surface area contributed by atoms with Gasteiger partial charge >= 0.3 is 0 Å². The fourth-order valence-electron chi connectivity index (χ4n) is 2.15. The molecule has 0 radical (unpaired) electrons. The number of fused-ring (bicyclic) bond motifs is 1. The summed E-state index contributed by atoms with van der Waals surface area (Å²) >= 11 is 0. The highest BCUT2D eigenvalue weighted by molar-refractivity contribution is 5.82. The van der Waals surface area contributed by atoms with Crippen LogP contribution in [-0.4, -0.2) is 4.98 Å². The van der Waals surface area contributed by atoms with Crippen molar-refractivity contribution < 1.29 is 9.13 Å². The van der Waals surface area contributed by atoms with Crippen LogP contribution in [0.4, 0.5) is 4.39 Å².